The van der Waals surface area contributed by atoms with E-state index in [0.29, 0.717) is 28.2 Å². The Balaban J connectivity index is 1.62. The van der Waals surface area contributed by atoms with Gasteiger partial charge in [0.25, 0.3) is 0 Å². The lowest BCUT2D eigenvalue weighted by Gasteiger charge is -2.11. The van der Waals surface area contributed by atoms with E-state index in [1.807, 2.05) is 31.2 Å². The SMILES string of the molecule is C=CCn1c(CC(=O)Nc2ccccc2CC)nnc1SCC(=O)Nc1ccc(Cl)cc1. The van der Waals surface area contributed by atoms with Crippen molar-refractivity contribution in [3.05, 3.63) is 77.6 Å². The summed E-state index contributed by atoms with van der Waals surface area (Å²) < 4.78 is 1.79. The van der Waals surface area contributed by atoms with Crippen LogP contribution in [-0.4, -0.2) is 32.3 Å². The highest BCUT2D eigenvalue weighted by Crippen LogP contribution is 2.20. The van der Waals surface area contributed by atoms with Gasteiger partial charge < -0.3 is 15.2 Å². The number of para-hydroxylation sites is 1. The summed E-state index contributed by atoms with van der Waals surface area (Å²) >= 11 is 7.11. The van der Waals surface area contributed by atoms with E-state index in [9.17, 15) is 9.59 Å². The Morgan fingerprint density at radius 3 is 2.56 bits per heavy atom. The van der Waals surface area contributed by atoms with Crippen molar-refractivity contribution in [3.63, 3.8) is 0 Å². The molecule has 0 aliphatic rings. The van der Waals surface area contributed by atoms with Crippen LogP contribution in [0.2, 0.25) is 5.02 Å². The Kier molecular flexibility index (Phi) is 8.47. The Labute approximate surface area is 196 Å². The topological polar surface area (TPSA) is 88.9 Å². The Morgan fingerprint density at radius 2 is 1.84 bits per heavy atom. The maximum atomic E-state index is 12.6. The number of nitrogens with one attached hydrogen (secondary N) is 2. The number of anilines is 2. The van der Waals surface area contributed by atoms with Gasteiger partial charge in [-0.1, -0.05) is 54.6 Å². The van der Waals surface area contributed by atoms with Gasteiger partial charge >= 0.3 is 0 Å². The number of carbonyl (C=O) groups is 2. The number of aryl methyl sites for hydroxylation is 1. The minimum atomic E-state index is -0.180. The highest BCUT2D eigenvalue weighted by Gasteiger charge is 2.17. The summed E-state index contributed by atoms with van der Waals surface area (Å²) in [6, 6.07) is 14.6. The molecule has 9 heteroatoms. The van der Waals surface area contributed by atoms with Crippen LogP contribution >= 0.6 is 23.4 Å². The van der Waals surface area contributed by atoms with Crippen LogP contribution in [0.3, 0.4) is 0 Å². The molecule has 0 unspecified atom stereocenters. The predicted octanol–water partition coefficient (Wildman–Crippen LogP) is 4.59. The number of rotatable bonds is 10. The second kappa shape index (κ2) is 11.5. The zero-order valence-electron chi connectivity index (χ0n) is 17.7. The molecule has 0 atom stereocenters. The van der Waals surface area contributed by atoms with Gasteiger partial charge in [0, 0.05) is 22.9 Å². The van der Waals surface area contributed by atoms with Gasteiger partial charge in [0.15, 0.2) is 5.16 Å². The number of halogens is 1. The first-order chi connectivity index (χ1) is 15.5. The van der Waals surface area contributed by atoms with E-state index >= 15 is 0 Å². The predicted molar refractivity (Wildman–Crippen MR) is 129 cm³/mol. The van der Waals surface area contributed by atoms with Gasteiger partial charge in [-0.15, -0.1) is 16.8 Å². The molecule has 0 spiro atoms. The normalized spacial score (nSPS) is 10.6. The van der Waals surface area contributed by atoms with Crippen LogP contribution in [0.4, 0.5) is 11.4 Å². The molecule has 32 heavy (non-hydrogen) atoms. The molecule has 0 aliphatic heterocycles. The average molecular weight is 470 g/mol. The maximum Gasteiger partial charge on any atom is 0.234 e. The van der Waals surface area contributed by atoms with Crippen LogP contribution in [0, 0.1) is 0 Å². The standard InChI is InChI=1S/C23H24ClN5O2S/c1-3-13-29-20(14-21(30)26-19-8-6-5-7-16(19)4-2)27-28-23(29)32-15-22(31)25-18-11-9-17(24)10-12-18/h3,5-12H,1,4,13-15H2,2H3,(H,25,31)(H,26,30). The van der Waals surface area contributed by atoms with Crippen LogP contribution in [0.25, 0.3) is 0 Å². The average Bonchev–Trinajstić information content (AvgIpc) is 3.15. The highest BCUT2D eigenvalue weighted by molar-refractivity contribution is 7.99. The molecule has 3 rings (SSSR count). The fourth-order valence-electron chi connectivity index (χ4n) is 3.02. The number of amides is 2. The fraction of sp³-hybridized carbons (Fsp3) is 0.217. The van der Waals surface area contributed by atoms with E-state index in [-0.39, 0.29) is 24.0 Å². The fourth-order valence-corrected chi connectivity index (χ4v) is 3.91. The van der Waals surface area contributed by atoms with Gasteiger partial charge in [0.05, 0.1) is 12.2 Å². The summed E-state index contributed by atoms with van der Waals surface area (Å²) in [5, 5.41) is 15.2. The lowest BCUT2D eigenvalue weighted by Crippen LogP contribution is -2.19. The van der Waals surface area contributed by atoms with E-state index in [2.05, 4.69) is 27.4 Å². The van der Waals surface area contributed by atoms with Crippen molar-refractivity contribution in [1.29, 1.82) is 0 Å². The molecule has 1 heterocycles. The molecule has 0 fully saturated rings. The first-order valence-corrected chi connectivity index (χ1v) is 11.5. The molecule has 0 saturated carbocycles. The van der Waals surface area contributed by atoms with Crippen molar-refractivity contribution in [3.8, 4) is 0 Å². The third-order valence-corrected chi connectivity index (χ3v) is 5.78. The molecule has 0 saturated heterocycles. The summed E-state index contributed by atoms with van der Waals surface area (Å²) in [5.41, 5.74) is 2.52. The number of allylic oxidation sites excluding steroid dienone is 1. The van der Waals surface area contributed by atoms with Gasteiger partial charge in [-0.3, -0.25) is 9.59 Å². The Bertz CT molecular complexity index is 1100. The highest BCUT2D eigenvalue weighted by atomic mass is 35.5. The van der Waals surface area contributed by atoms with Gasteiger partial charge in [-0.25, -0.2) is 0 Å². The van der Waals surface area contributed by atoms with Crippen molar-refractivity contribution < 1.29 is 9.59 Å². The van der Waals surface area contributed by atoms with Crippen LogP contribution < -0.4 is 10.6 Å². The number of carbonyl (C=O) groups excluding carboxylic acids is 2. The second-order valence-corrected chi connectivity index (χ2v) is 8.26. The zero-order valence-corrected chi connectivity index (χ0v) is 19.2. The maximum absolute atomic E-state index is 12.6. The first-order valence-electron chi connectivity index (χ1n) is 10.1. The lowest BCUT2D eigenvalue weighted by atomic mass is 10.1. The molecule has 3 aromatic rings. The number of hydrogen-bond acceptors (Lipinski definition) is 5. The van der Waals surface area contributed by atoms with Crippen molar-refractivity contribution in [2.24, 2.45) is 0 Å². The minimum Gasteiger partial charge on any atom is -0.325 e. The largest absolute Gasteiger partial charge is 0.325 e. The van der Waals surface area contributed by atoms with E-state index < -0.39 is 0 Å². The quantitative estimate of drug-likeness (QED) is 0.335. The Hall–Kier alpha value is -3.10. The van der Waals surface area contributed by atoms with E-state index in [0.717, 1.165) is 17.7 Å². The van der Waals surface area contributed by atoms with Crippen LogP contribution in [-0.2, 0) is 29.0 Å². The molecule has 166 valence electrons. The summed E-state index contributed by atoms with van der Waals surface area (Å²) in [4.78, 5) is 24.9. The van der Waals surface area contributed by atoms with Crippen molar-refractivity contribution >= 4 is 46.6 Å². The molecule has 0 radical (unpaired) electrons. The third-order valence-electron chi connectivity index (χ3n) is 4.56. The molecule has 2 N–H and O–H groups in total. The summed E-state index contributed by atoms with van der Waals surface area (Å²) in [6.45, 7) is 6.24. The number of aromatic nitrogens is 3. The minimum absolute atomic E-state index is 0.0659. The van der Waals surface area contributed by atoms with E-state index in [1.165, 1.54) is 11.8 Å². The number of hydrogen-bond donors (Lipinski definition) is 2. The molecule has 7 nitrogen and oxygen atoms in total. The zero-order chi connectivity index (χ0) is 22.9. The first kappa shape index (κ1) is 23.6. The van der Waals surface area contributed by atoms with Crippen LogP contribution in [0.5, 0.6) is 0 Å². The van der Waals surface area contributed by atoms with Crippen molar-refractivity contribution in [1.82, 2.24) is 14.8 Å². The molecular weight excluding hydrogens is 446 g/mol. The molecule has 2 amide bonds. The third kappa shape index (κ3) is 6.45. The van der Waals surface area contributed by atoms with Crippen molar-refractivity contribution in [2.75, 3.05) is 16.4 Å². The van der Waals surface area contributed by atoms with Crippen molar-refractivity contribution in [2.45, 2.75) is 31.5 Å². The van der Waals surface area contributed by atoms with Gasteiger partial charge in [0.2, 0.25) is 11.8 Å². The van der Waals surface area contributed by atoms with Gasteiger partial charge in [-0.05, 0) is 42.3 Å². The summed E-state index contributed by atoms with van der Waals surface area (Å²) in [7, 11) is 0. The summed E-state index contributed by atoms with van der Waals surface area (Å²) in [6.07, 6.45) is 2.59. The summed E-state index contributed by atoms with van der Waals surface area (Å²) in [5.74, 6) is 0.298. The van der Waals surface area contributed by atoms with E-state index in [4.69, 9.17) is 11.6 Å². The molecular formula is C23H24ClN5O2S. The second-order valence-electron chi connectivity index (χ2n) is 6.88. The molecule has 0 aliphatic carbocycles. The molecule has 0 bridgehead atoms. The lowest BCUT2D eigenvalue weighted by molar-refractivity contribution is -0.116. The van der Waals surface area contributed by atoms with Crippen LogP contribution in [0.1, 0.15) is 18.3 Å². The molecule has 1 aromatic heterocycles. The number of thioether (sulfide) groups is 1. The van der Waals surface area contributed by atoms with Gasteiger partial charge in [0.1, 0.15) is 5.82 Å². The monoisotopic (exact) mass is 469 g/mol. The number of benzene rings is 2. The van der Waals surface area contributed by atoms with Gasteiger partial charge in [-0.2, -0.15) is 0 Å². The van der Waals surface area contributed by atoms with Crippen LogP contribution in [0.15, 0.2) is 66.3 Å². The number of nitrogens with zero attached hydrogens (tertiary/aromatic N) is 3. The van der Waals surface area contributed by atoms with E-state index in [1.54, 1.807) is 34.9 Å². The Morgan fingerprint density at radius 1 is 1.09 bits per heavy atom. The smallest absolute Gasteiger partial charge is 0.234 e. The molecule has 2 aromatic carbocycles.